The summed E-state index contributed by atoms with van der Waals surface area (Å²) in [7, 11) is 1.55. The summed E-state index contributed by atoms with van der Waals surface area (Å²) in [6.45, 7) is 15.3. The number of carbonyl (C=O) groups is 3. The van der Waals surface area contributed by atoms with Crippen LogP contribution in [0.15, 0.2) is 35.3 Å². The zero-order chi connectivity index (χ0) is 40.3. The molecule has 0 aliphatic carbocycles. The Morgan fingerprint density at radius 3 is 2.02 bits per heavy atom. The number of aromatic nitrogens is 4. The number of aliphatic hydroxyl groups excluding tert-OH is 1. The molecular formula is C38H56N8O9. The van der Waals surface area contributed by atoms with Gasteiger partial charge in [0.15, 0.2) is 11.5 Å². The topological polar surface area (TPSA) is 200 Å². The molecule has 3 N–H and O–H groups in total. The minimum atomic E-state index is -0.531. The molecule has 2 fully saturated rings. The van der Waals surface area contributed by atoms with Gasteiger partial charge in [-0.15, -0.1) is 0 Å². The van der Waals surface area contributed by atoms with Gasteiger partial charge in [0.05, 0.1) is 37.9 Å². The second-order valence-corrected chi connectivity index (χ2v) is 15.3. The number of carbonyl (C=O) groups excluding carboxylic acids is 3. The maximum atomic E-state index is 12.4. The highest BCUT2D eigenvalue weighted by Crippen LogP contribution is 2.27. The molecule has 2 aliphatic heterocycles. The van der Waals surface area contributed by atoms with E-state index in [0.29, 0.717) is 79.9 Å². The van der Waals surface area contributed by atoms with Gasteiger partial charge in [-0.25, -0.2) is 19.6 Å². The lowest BCUT2D eigenvalue weighted by atomic mass is 10.0. The van der Waals surface area contributed by atoms with E-state index in [1.54, 1.807) is 46.6 Å². The molecule has 0 saturated carbocycles. The molecule has 17 nitrogen and oxygen atoms in total. The van der Waals surface area contributed by atoms with E-state index in [-0.39, 0.29) is 49.0 Å². The van der Waals surface area contributed by atoms with E-state index in [1.807, 2.05) is 47.6 Å². The third-order valence-electron chi connectivity index (χ3n) is 8.63. The summed E-state index contributed by atoms with van der Waals surface area (Å²) in [5, 5.41) is 15.8. The monoisotopic (exact) mass is 768 g/mol. The maximum Gasteiger partial charge on any atom is 0.410 e. The number of nitrogens with one attached hydrogen (secondary N) is 2. The summed E-state index contributed by atoms with van der Waals surface area (Å²) in [4.78, 5) is 64.9. The Balaban J connectivity index is 0.000000246. The highest BCUT2D eigenvalue weighted by molar-refractivity contribution is 5.77. The van der Waals surface area contributed by atoms with Crippen molar-refractivity contribution in [3.63, 3.8) is 0 Å². The number of anilines is 2. The second kappa shape index (κ2) is 18.9. The first-order valence-electron chi connectivity index (χ1n) is 18.6. The molecule has 0 radical (unpaired) electrons. The second-order valence-electron chi connectivity index (χ2n) is 15.3. The number of ether oxygens (including phenoxy) is 4. The van der Waals surface area contributed by atoms with Crippen molar-refractivity contribution in [2.45, 2.75) is 104 Å². The van der Waals surface area contributed by atoms with Crippen LogP contribution in [0.25, 0.3) is 11.2 Å². The van der Waals surface area contributed by atoms with Gasteiger partial charge < -0.3 is 44.5 Å². The summed E-state index contributed by atoms with van der Waals surface area (Å²) in [5.41, 5.74) is 0.998. The first kappa shape index (κ1) is 42.6. The number of aliphatic hydroxyl groups is 1. The number of hydrogen-bond acceptors (Lipinski definition) is 14. The third-order valence-corrected chi connectivity index (χ3v) is 8.63. The zero-order valence-corrected chi connectivity index (χ0v) is 33.2. The largest absolute Gasteiger partial charge is 0.481 e. The smallest absolute Gasteiger partial charge is 0.410 e. The summed E-state index contributed by atoms with van der Waals surface area (Å²) >= 11 is 0. The van der Waals surface area contributed by atoms with Crippen LogP contribution in [0, 0.1) is 0 Å². The van der Waals surface area contributed by atoms with Gasteiger partial charge >= 0.3 is 18.2 Å². The average molecular weight is 769 g/mol. The Bertz CT molecular complexity index is 1820. The average Bonchev–Trinajstić information content (AvgIpc) is 3.13. The Labute approximate surface area is 321 Å². The van der Waals surface area contributed by atoms with Crippen LogP contribution in [-0.2, 0) is 25.6 Å². The van der Waals surface area contributed by atoms with E-state index in [1.165, 1.54) is 6.20 Å². The molecule has 0 unspecified atom stereocenters. The van der Waals surface area contributed by atoms with Gasteiger partial charge in [-0.3, -0.25) is 14.2 Å². The minimum Gasteiger partial charge on any atom is -0.481 e. The number of nitrogens with zero attached hydrogens (tertiary/aromatic N) is 6. The first-order valence-corrected chi connectivity index (χ1v) is 18.6. The lowest BCUT2D eigenvalue weighted by molar-refractivity contribution is -0.140. The molecule has 0 aromatic carbocycles. The fraction of sp³-hybridized carbons (Fsp3) is 0.605. The fourth-order valence-corrected chi connectivity index (χ4v) is 6.04. The number of methoxy groups -OCH3 is 1. The molecule has 3 aromatic rings. The number of esters is 1. The van der Waals surface area contributed by atoms with Crippen molar-refractivity contribution in [1.29, 1.82) is 0 Å². The fourth-order valence-electron chi connectivity index (χ4n) is 6.04. The Kier molecular flexibility index (Phi) is 14.6. The highest BCUT2D eigenvalue weighted by atomic mass is 16.6. The van der Waals surface area contributed by atoms with E-state index in [9.17, 15) is 24.3 Å². The summed E-state index contributed by atoms with van der Waals surface area (Å²) in [5.74, 6) is 0.740. The van der Waals surface area contributed by atoms with Crippen LogP contribution in [0.2, 0.25) is 0 Å². The number of hydrogen-bond donors (Lipinski definition) is 3. The zero-order valence-electron chi connectivity index (χ0n) is 33.2. The number of rotatable bonds is 9. The molecule has 5 heterocycles. The molecule has 2 aliphatic rings. The van der Waals surface area contributed by atoms with Crippen LogP contribution in [0.5, 0.6) is 5.88 Å². The van der Waals surface area contributed by atoms with Gasteiger partial charge in [-0.1, -0.05) is 0 Å². The van der Waals surface area contributed by atoms with Gasteiger partial charge in [0, 0.05) is 44.3 Å². The van der Waals surface area contributed by atoms with E-state index in [4.69, 9.17) is 18.9 Å². The quantitative estimate of drug-likeness (QED) is 0.199. The van der Waals surface area contributed by atoms with Crippen LogP contribution >= 0.6 is 0 Å². The van der Waals surface area contributed by atoms with Crippen molar-refractivity contribution in [3.05, 3.63) is 46.5 Å². The van der Waals surface area contributed by atoms with E-state index >= 15 is 0 Å². The van der Waals surface area contributed by atoms with Crippen LogP contribution in [0.1, 0.15) is 85.9 Å². The van der Waals surface area contributed by atoms with Crippen LogP contribution < -0.4 is 20.9 Å². The van der Waals surface area contributed by atoms with Crippen LogP contribution in [0.4, 0.5) is 21.1 Å². The van der Waals surface area contributed by atoms with E-state index in [2.05, 4.69) is 25.6 Å². The Morgan fingerprint density at radius 1 is 0.873 bits per heavy atom. The molecule has 3 aromatic heterocycles. The first-order chi connectivity index (χ1) is 26.0. The number of piperidine rings is 2. The predicted molar refractivity (Wildman–Crippen MR) is 206 cm³/mol. The Hall–Kier alpha value is -5.19. The normalized spacial score (nSPS) is 15.4. The summed E-state index contributed by atoms with van der Waals surface area (Å²) < 4.78 is 22.7. The number of amides is 2. The van der Waals surface area contributed by atoms with E-state index < -0.39 is 11.2 Å². The van der Waals surface area contributed by atoms with Crippen molar-refractivity contribution in [2.24, 2.45) is 0 Å². The predicted octanol–water partition coefficient (Wildman–Crippen LogP) is 4.73. The number of fused-ring (bicyclic) bond motifs is 1. The lowest BCUT2D eigenvalue weighted by Crippen LogP contribution is -2.44. The molecule has 55 heavy (non-hydrogen) atoms. The summed E-state index contributed by atoms with van der Waals surface area (Å²) in [6, 6.07) is 7.03. The molecule has 5 rings (SSSR count). The van der Waals surface area contributed by atoms with E-state index in [0.717, 1.165) is 12.8 Å². The lowest BCUT2D eigenvalue weighted by Gasteiger charge is -2.34. The van der Waals surface area contributed by atoms with Crippen LogP contribution in [0.3, 0.4) is 0 Å². The molecule has 0 atom stereocenters. The highest BCUT2D eigenvalue weighted by Gasteiger charge is 2.30. The van der Waals surface area contributed by atoms with Crippen molar-refractivity contribution in [1.82, 2.24) is 29.3 Å². The number of pyridine rings is 2. The van der Waals surface area contributed by atoms with Gasteiger partial charge in [0.1, 0.15) is 23.3 Å². The van der Waals surface area contributed by atoms with Gasteiger partial charge in [-0.2, -0.15) is 4.98 Å². The van der Waals surface area contributed by atoms with Crippen LogP contribution in [-0.4, -0.2) is 116 Å². The van der Waals surface area contributed by atoms with Crippen molar-refractivity contribution >= 4 is 40.8 Å². The Morgan fingerprint density at radius 2 is 1.47 bits per heavy atom. The van der Waals surface area contributed by atoms with Gasteiger partial charge in [-0.05, 0) is 92.3 Å². The molecule has 2 amide bonds. The molecule has 302 valence electrons. The molecule has 0 bridgehead atoms. The standard InChI is InChI=1S/C20H32N4O5.C18H24N4O4/c1-6-28-17(25)13-21-15-7-8-16(27-5)23-18(15)22-14-9-11-24(12-10-14)19(26)29-20(2,3)4;1-18(2,3)26-17(25)21-8-6-13(7-9-21)22-15(24)10-19-14-5-4-12(11-23)20-16(14)22/h7-8,14,21H,6,9-13H2,1-5H3,(H,22,23);4-5,10,13,23H,6-9,11H2,1-3H3. The van der Waals surface area contributed by atoms with Crippen molar-refractivity contribution < 1.29 is 38.4 Å². The van der Waals surface area contributed by atoms with Crippen molar-refractivity contribution in [3.8, 4) is 5.88 Å². The maximum absolute atomic E-state index is 12.4. The number of likely N-dealkylation sites (tertiary alicyclic amines) is 2. The SMILES string of the molecule is CC(C)(C)OC(=O)N1CCC(n2c(=O)cnc3ccc(CO)nc32)CC1.CCOC(=O)CNc1ccc(OC)nc1NC1CCN(C(=O)OC(C)(C)C)CC1. The molecular weight excluding hydrogens is 712 g/mol. The minimum absolute atomic E-state index is 0.0492. The third kappa shape index (κ3) is 12.7. The molecule has 17 heteroatoms. The van der Waals surface area contributed by atoms with Gasteiger partial charge in [0.25, 0.3) is 5.56 Å². The van der Waals surface area contributed by atoms with Gasteiger partial charge in [0.2, 0.25) is 5.88 Å². The molecule has 0 spiro atoms. The summed E-state index contributed by atoms with van der Waals surface area (Å²) in [6.07, 6.45) is 3.45. The molecule has 2 saturated heterocycles. The van der Waals surface area contributed by atoms with Crippen molar-refractivity contribution in [2.75, 3.05) is 57.1 Å².